The Morgan fingerprint density at radius 3 is 2.35 bits per heavy atom. The van der Waals surface area contributed by atoms with Crippen molar-refractivity contribution in [1.82, 2.24) is 5.16 Å². The number of hydrogen-bond acceptors (Lipinski definition) is 5. The molecule has 120 valence electrons. The lowest BCUT2D eigenvalue weighted by molar-refractivity contribution is -0.131. The number of carbonyl (C=O) groups is 2. The third-order valence-corrected chi connectivity index (χ3v) is 3.84. The zero-order chi connectivity index (χ0) is 16.4. The second-order valence-corrected chi connectivity index (χ2v) is 5.54. The van der Waals surface area contributed by atoms with Crippen molar-refractivity contribution in [3.05, 3.63) is 36.1 Å². The summed E-state index contributed by atoms with van der Waals surface area (Å²) in [4.78, 5) is 24.8. The van der Waals surface area contributed by atoms with E-state index in [0.717, 1.165) is 0 Å². The lowest BCUT2D eigenvalue weighted by atomic mass is 10.1. The van der Waals surface area contributed by atoms with E-state index in [4.69, 9.17) is 9.26 Å². The SMILES string of the molecule is COc1ccc(NC(=O)C2(C(=O)Nc3cc(C)on3)CC2)cc1. The van der Waals surface area contributed by atoms with Gasteiger partial charge in [-0.1, -0.05) is 5.16 Å². The van der Waals surface area contributed by atoms with Crippen molar-refractivity contribution in [2.45, 2.75) is 19.8 Å². The lowest BCUT2D eigenvalue weighted by Crippen LogP contribution is -2.35. The number of aromatic nitrogens is 1. The fourth-order valence-corrected chi connectivity index (χ4v) is 2.27. The number of methoxy groups -OCH3 is 1. The highest BCUT2D eigenvalue weighted by Crippen LogP contribution is 2.47. The maximum absolute atomic E-state index is 12.4. The van der Waals surface area contributed by atoms with Gasteiger partial charge in [-0.2, -0.15) is 0 Å². The number of nitrogens with one attached hydrogen (secondary N) is 2. The highest BCUT2D eigenvalue weighted by atomic mass is 16.5. The van der Waals surface area contributed by atoms with E-state index in [-0.39, 0.29) is 11.8 Å². The Bertz CT molecular complexity index is 732. The third-order valence-electron chi connectivity index (χ3n) is 3.84. The summed E-state index contributed by atoms with van der Waals surface area (Å²) in [5, 5.41) is 9.10. The summed E-state index contributed by atoms with van der Waals surface area (Å²) in [5.41, 5.74) is -0.417. The molecule has 0 aliphatic heterocycles. The predicted molar refractivity (Wildman–Crippen MR) is 83.2 cm³/mol. The quantitative estimate of drug-likeness (QED) is 0.826. The van der Waals surface area contributed by atoms with Crippen LogP contribution in [0.15, 0.2) is 34.9 Å². The van der Waals surface area contributed by atoms with Gasteiger partial charge in [-0.15, -0.1) is 0 Å². The number of nitrogens with zero attached hydrogens (tertiary/aromatic N) is 1. The number of aryl methyl sites for hydroxylation is 1. The van der Waals surface area contributed by atoms with Crippen LogP contribution in [0.1, 0.15) is 18.6 Å². The first-order valence-electron chi connectivity index (χ1n) is 7.24. The van der Waals surface area contributed by atoms with Gasteiger partial charge in [0.05, 0.1) is 7.11 Å². The first-order valence-corrected chi connectivity index (χ1v) is 7.24. The van der Waals surface area contributed by atoms with E-state index in [2.05, 4.69) is 15.8 Å². The minimum Gasteiger partial charge on any atom is -0.497 e. The van der Waals surface area contributed by atoms with Gasteiger partial charge in [0.15, 0.2) is 5.82 Å². The van der Waals surface area contributed by atoms with Crippen molar-refractivity contribution in [2.75, 3.05) is 17.7 Å². The van der Waals surface area contributed by atoms with E-state index in [1.54, 1.807) is 44.4 Å². The smallest absolute Gasteiger partial charge is 0.241 e. The molecule has 7 heteroatoms. The summed E-state index contributed by atoms with van der Waals surface area (Å²) >= 11 is 0. The van der Waals surface area contributed by atoms with E-state index >= 15 is 0 Å². The Labute approximate surface area is 133 Å². The van der Waals surface area contributed by atoms with Crippen molar-refractivity contribution >= 4 is 23.3 Å². The number of carbonyl (C=O) groups excluding carboxylic acids is 2. The van der Waals surface area contributed by atoms with Gasteiger partial charge in [-0.3, -0.25) is 9.59 Å². The van der Waals surface area contributed by atoms with Gasteiger partial charge >= 0.3 is 0 Å². The van der Waals surface area contributed by atoms with Gasteiger partial charge in [0.2, 0.25) is 11.8 Å². The first kappa shape index (κ1) is 15.1. The molecule has 1 aliphatic rings. The normalized spacial score (nSPS) is 14.9. The van der Waals surface area contributed by atoms with Crippen molar-refractivity contribution in [1.29, 1.82) is 0 Å². The molecule has 0 atom stereocenters. The summed E-state index contributed by atoms with van der Waals surface area (Å²) in [6, 6.07) is 8.55. The highest BCUT2D eigenvalue weighted by molar-refractivity contribution is 6.16. The number of anilines is 2. The number of rotatable bonds is 5. The second-order valence-electron chi connectivity index (χ2n) is 5.54. The second kappa shape index (κ2) is 5.75. The number of benzene rings is 1. The molecule has 1 aliphatic carbocycles. The molecular formula is C16H17N3O4. The third kappa shape index (κ3) is 3.03. The first-order chi connectivity index (χ1) is 11.0. The molecule has 1 fully saturated rings. The van der Waals surface area contributed by atoms with Crippen molar-refractivity contribution < 1.29 is 18.8 Å². The number of ether oxygens (including phenoxy) is 1. The van der Waals surface area contributed by atoms with Crippen LogP contribution in [-0.4, -0.2) is 24.1 Å². The number of amides is 2. The van der Waals surface area contributed by atoms with Crippen molar-refractivity contribution in [3.63, 3.8) is 0 Å². The molecule has 0 bridgehead atoms. The maximum atomic E-state index is 12.4. The Morgan fingerprint density at radius 2 is 1.83 bits per heavy atom. The van der Waals surface area contributed by atoms with E-state index in [1.165, 1.54) is 0 Å². The maximum Gasteiger partial charge on any atom is 0.241 e. The van der Waals surface area contributed by atoms with Crippen LogP contribution >= 0.6 is 0 Å². The standard InChI is InChI=1S/C16H17N3O4/c1-10-9-13(19-23-10)18-15(21)16(7-8-16)14(20)17-11-3-5-12(22-2)6-4-11/h3-6,9H,7-8H2,1-2H3,(H,17,20)(H,18,19,21). The average Bonchev–Trinajstić information content (AvgIpc) is 3.27. The van der Waals surface area contributed by atoms with Gasteiger partial charge < -0.3 is 19.9 Å². The Kier molecular flexibility index (Phi) is 3.77. The molecule has 0 unspecified atom stereocenters. The van der Waals surface area contributed by atoms with Crippen molar-refractivity contribution in [2.24, 2.45) is 5.41 Å². The van der Waals surface area contributed by atoms with Crippen LogP contribution < -0.4 is 15.4 Å². The van der Waals surface area contributed by atoms with Crippen LogP contribution in [0.3, 0.4) is 0 Å². The van der Waals surface area contributed by atoms with Crippen LogP contribution in [0.4, 0.5) is 11.5 Å². The minimum absolute atomic E-state index is 0.316. The van der Waals surface area contributed by atoms with Crippen LogP contribution in [0.5, 0.6) is 5.75 Å². The average molecular weight is 315 g/mol. The van der Waals surface area contributed by atoms with E-state index in [1.807, 2.05) is 0 Å². The molecule has 1 aromatic carbocycles. The summed E-state index contributed by atoms with van der Waals surface area (Å²) in [5.74, 6) is 0.921. The van der Waals surface area contributed by atoms with E-state index in [9.17, 15) is 9.59 Å². The Hall–Kier alpha value is -2.83. The molecule has 1 heterocycles. The molecule has 2 amide bonds. The molecule has 0 spiro atoms. The predicted octanol–water partition coefficient (Wildman–Crippen LogP) is 2.35. The zero-order valence-corrected chi connectivity index (χ0v) is 12.9. The van der Waals surface area contributed by atoms with E-state index < -0.39 is 5.41 Å². The fourth-order valence-electron chi connectivity index (χ4n) is 2.27. The molecule has 0 radical (unpaired) electrons. The van der Waals surface area contributed by atoms with Gasteiger partial charge in [0, 0.05) is 11.8 Å². The highest BCUT2D eigenvalue weighted by Gasteiger charge is 2.56. The lowest BCUT2D eigenvalue weighted by Gasteiger charge is -2.14. The van der Waals surface area contributed by atoms with Gasteiger partial charge in [0.25, 0.3) is 0 Å². The molecule has 23 heavy (non-hydrogen) atoms. The topological polar surface area (TPSA) is 93.5 Å². The summed E-state index contributed by atoms with van der Waals surface area (Å²) in [7, 11) is 1.57. The van der Waals surface area contributed by atoms with Crippen LogP contribution in [0.25, 0.3) is 0 Å². The summed E-state index contributed by atoms with van der Waals surface area (Å²) < 4.78 is 9.97. The van der Waals surface area contributed by atoms with Crippen LogP contribution in [-0.2, 0) is 9.59 Å². The van der Waals surface area contributed by atoms with E-state index in [0.29, 0.717) is 35.9 Å². The minimum atomic E-state index is -1.03. The monoisotopic (exact) mass is 315 g/mol. The van der Waals surface area contributed by atoms with Crippen molar-refractivity contribution in [3.8, 4) is 5.75 Å². The molecule has 2 N–H and O–H groups in total. The summed E-state index contributed by atoms with van der Waals surface area (Å²) in [6.07, 6.45) is 1.02. The molecule has 7 nitrogen and oxygen atoms in total. The molecule has 1 saturated carbocycles. The largest absolute Gasteiger partial charge is 0.497 e. The van der Waals surface area contributed by atoms with Gasteiger partial charge in [0.1, 0.15) is 16.9 Å². The molecular weight excluding hydrogens is 298 g/mol. The molecule has 1 aromatic heterocycles. The molecule has 2 aromatic rings. The Balaban J connectivity index is 1.66. The van der Waals surface area contributed by atoms with Gasteiger partial charge in [-0.05, 0) is 44.0 Å². The van der Waals surface area contributed by atoms with Gasteiger partial charge in [-0.25, -0.2) is 0 Å². The molecule has 0 saturated heterocycles. The fraction of sp³-hybridized carbons (Fsp3) is 0.312. The summed E-state index contributed by atoms with van der Waals surface area (Å²) in [6.45, 7) is 1.73. The number of hydrogen-bond donors (Lipinski definition) is 2. The van der Waals surface area contributed by atoms with Crippen LogP contribution in [0.2, 0.25) is 0 Å². The Morgan fingerprint density at radius 1 is 1.17 bits per heavy atom. The zero-order valence-electron chi connectivity index (χ0n) is 12.9. The molecule has 3 rings (SSSR count). The van der Waals surface area contributed by atoms with Crippen LogP contribution in [0, 0.1) is 12.3 Å².